The Balaban J connectivity index is 1.90. The Morgan fingerprint density at radius 3 is 2.18 bits per heavy atom. The standard InChI is InChI=1S/C25H31F2N3O3/c1-14(2)12-30(13-15(3)4)23-8-5-16(18-11-19(18)24(31)32)9-22(23)29-25(33)28-21-7-6-17(26)10-20(21)27/h5-10,14-15,18-19H,11-13H2,1-4H3,(H,31,32)(H2,28,29,33)/t18-,19-/m1/s1. The molecule has 0 bridgehead atoms. The molecule has 0 spiro atoms. The lowest BCUT2D eigenvalue weighted by Crippen LogP contribution is -2.32. The minimum atomic E-state index is -0.873. The summed E-state index contributed by atoms with van der Waals surface area (Å²) < 4.78 is 27.2. The molecule has 2 aromatic carbocycles. The highest BCUT2D eigenvalue weighted by Gasteiger charge is 2.44. The van der Waals surface area contributed by atoms with Crippen LogP contribution in [0.15, 0.2) is 36.4 Å². The third-order valence-corrected chi connectivity index (χ3v) is 5.50. The van der Waals surface area contributed by atoms with Crippen LogP contribution in [0.25, 0.3) is 0 Å². The number of nitrogens with one attached hydrogen (secondary N) is 2. The Hall–Kier alpha value is -3.16. The van der Waals surface area contributed by atoms with Gasteiger partial charge in [0.15, 0.2) is 0 Å². The van der Waals surface area contributed by atoms with Crippen molar-refractivity contribution in [3.8, 4) is 0 Å². The van der Waals surface area contributed by atoms with E-state index in [-0.39, 0.29) is 11.6 Å². The molecule has 3 rings (SSSR count). The number of carbonyl (C=O) groups is 2. The number of urea groups is 1. The summed E-state index contributed by atoms with van der Waals surface area (Å²) in [6, 6.07) is 7.89. The molecule has 0 saturated heterocycles. The second kappa shape index (κ2) is 10.2. The molecule has 2 atom stereocenters. The van der Waals surface area contributed by atoms with E-state index in [0.29, 0.717) is 30.0 Å². The van der Waals surface area contributed by atoms with Gasteiger partial charge in [0, 0.05) is 19.2 Å². The van der Waals surface area contributed by atoms with Crippen LogP contribution in [-0.4, -0.2) is 30.2 Å². The fourth-order valence-corrected chi connectivity index (χ4v) is 4.02. The highest BCUT2D eigenvalue weighted by atomic mass is 19.1. The van der Waals surface area contributed by atoms with Gasteiger partial charge in [0.25, 0.3) is 0 Å². The topological polar surface area (TPSA) is 81.7 Å². The molecule has 178 valence electrons. The summed E-state index contributed by atoms with van der Waals surface area (Å²) in [4.78, 5) is 26.2. The lowest BCUT2D eigenvalue weighted by molar-refractivity contribution is -0.138. The van der Waals surface area contributed by atoms with E-state index in [0.717, 1.165) is 36.5 Å². The van der Waals surface area contributed by atoms with E-state index >= 15 is 0 Å². The quantitative estimate of drug-likeness (QED) is 0.435. The van der Waals surface area contributed by atoms with Gasteiger partial charge in [-0.15, -0.1) is 0 Å². The van der Waals surface area contributed by atoms with E-state index in [1.54, 1.807) is 6.07 Å². The van der Waals surface area contributed by atoms with Crippen molar-refractivity contribution >= 4 is 29.1 Å². The van der Waals surface area contributed by atoms with Gasteiger partial charge in [0.2, 0.25) is 0 Å². The van der Waals surface area contributed by atoms with E-state index in [9.17, 15) is 23.5 Å². The summed E-state index contributed by atoms with van der Waals surface area (Å²) in [6.07, 6.45) is 0.558. The molecule has 0 aliphatic heterocycles. The molecule has 33 heavy (non-hydrogen) atoms. The molecular weight excluding hydrogens is 428 g/mol. The molecular formula is C25H31F2N3O3. The van der Waals surface area contributed by atoms with E-state index in [2.05, 4.69) is 43.2 Å². The Bertz CT molecular complexity index is 1020. The number of anilines is 3. The number of rotatable bonds is 9. The maximum Gasteiger partial charge on any atom is 0.323 e. The number of aliphatic carboxylic acids is 1. The highest BCUT2D eigenvalue weighted by molar-refractivity contribution is 6.02. The first-order chi connectivity index (χ1) is 15.5. The summed E-state index contributed by atoms with van der Waals surface area (Å²) in [5, 5.41) is 14.5. The van der Waals surface area contributed by atoms with Crippen molar-refractivity contribution in [1.29, 1.82) is 0 Å². The maximum atomic E-state index is 14.0. The van der Waals surface area contributed by atoms with Crippen LogP contribution in [0.4, 0.5) is 30.6 Å². The lowest BCUT2D eigenvalue weighted by Gasteiger charge is -2.30. The monoisotopic (exact) mass is 459 g/mol. The number of carbonyl (C=O) groups excluding carboxylic acids is 1. The molecule has 0 radical (unpaired) electrons. The minimum Gasteiger partial charge on any atom is -0.481 e. The third-order valence-electron chi connectivity index (χ3n) is 5.50. The minimum absolute atomic E-state index is 0.0987. The number of carboxylic acid groups (broad SMARTS) is 1. The molecule has 2 aromatic rings. The van der Waals surface area contributed by atoms with Crippen LogP contribution in [0.5, 0.6) is 0 Å². The van der Waals surface area contributed by atoms with Gasteiger partial charge in [0.05, 0.1) is 23.0 Å². The van der Waals surface area contributed by atoms with Crippen molar-refractivity contribution in [3.05, 3.63) is 53.6 Å². The Labute approximate surface area is 193 Å². The first kappa shape index (κ1) is 24.5. The zero-order valence-corrected chi connectivity index (χ0v) is 19.4. The number of nitrogens with zero attached hydrogens (tertiary/aromatic N) is 1. The van der Waals surface area contributed by atoms with Gasteiger partial charge in [-0.25, -0.2) is 13.6 Å². The lowest BCUT2D eigenvalue weighted by atomic mass is 10.0. The van der Waals surface area contributed by atoms with E-state index in [4.69, 9.17) is 0 Å². The summed E-state index contributed by atoms with van der Waals surface area (Å²) in [5.41, 5.74) is 2.03. The van der Waals surface area contributed by atoms with Crippen LogP contribution >= 0.6 is 0 Å². The zero-order chi connectivity index (χ0) is 24.3. The number of benzene rings is 2. The molecule has 3 N–H and O–H groups in total. The molecule has 0 unspecified atom stereocenters. The third kappa shape index (κ3) is 6.43. The van der Waals surface area contributed by atoms with Crippen molar-refractivity contribution in [2.75, 3.05) is 28.6 Å². The van der Waals surface area contributed by atoms with Crippen LogP contribution in [0.1, 0.15) is 45.6 Å². The zero-order valence-electron chi connectivity index (χ0n) is 19.4. The van der Waals surface area contributed by atoms with Gasteiger partial charge in [0.1, 0.15) is 11.6 Å². The average molecular weight is 460 g/mol. The number of carboxylic acids is 1. The predicted molar refractivity (Wildman–Crippen MR) is 126 cm³/mol. The fourth-order valence-electron chi connectivity index (χ4n) is 4.02. The first-order valence-electron chi connectivity index (χ1n) is 11.2. The second-order valence-corrected chi connectivity index (χ2v) is 9.46. The molecule has 1 saturated carbocycles. The summed E-state index contributed by atoms with van der Waals surface area (Å²) in [6.45, 7) is 9.98. The van der Waals surface area contributed by atoms with Crippen molar-refractivity contribution in [1.82, 2.24) is 0 Å². The molecule has 6 nitrogen and oxygen atoms in total. The van der Waals surface area contributed by atoms with Crippen LogP contribution in [0.3, 0.4) is 0 Å². The van der Waals surface area contributed by atoms with E-state index < -0.39 is 29.6 Å². The molecule has 2 amide bonds. The van der Waals surface area contributed by atoms with Crippen molar-refractivity contribution in [3.63, 3.8) is 0 Å². The SMILES string of the molecule is CC(C)CN(CC(C)C)c1ccc([C@H]2C[C@H]2C(=O)O)cc1NC(=O)Nc1ccc(F)cc1F. The predicted octanol–water partition coefficient (Wildman–Crippen LogP) is 5.92. The van der Waals surface area contributed by atoms with Gasteiger partial charge in [-0.2, -0.15) is 0 Å². The molecule has 1 aliphatic carbocycles. The Morgan fingerprint density at radius 2 is 1.64 bits per heavy atom. The van der Waals surface area contributed by atoms with Crippen LogP contribution in [-0.2, 0) is 4.79 Å². The van der Waals surface area contributed by atoms with Crippen molar-refractivity contribution < 1.29 is 23.5 Å². The number of halogens is 2. The van der Waals surface area contributed by atoms with Gasteiger partial charge >= 0.3 is 12.0 Å². The highest BCUT2D eigenvalue weighted by Crippen LogP contribution is 2.49. The Morgan fingerprint density at radius 1 is 1.00 bits per heavy atom. The number of hydrogen-bond acceptors (Lipinski definition) is 3. The first-order valence-corrected chi connectivity index (χ1v) is 11.2. The fraction of sp³-hybridized carbons (Fsp3) is 0.440. The Kier molecular flexibility index (Phi) is 7.56. The van der Waals surface area contributed by atoms with Crippen LogP contribution < -0.4 is 15.5 Å². The largest absolute Gasteiger partial charge is 0.481 e. The van der Waals surface area contributed by atoms with Crippen LogP contribution in [0.2, 0.25) is 0 Å². The van der Waals surface area contributed by atoms with E-state index in [1.165, 1.54) is 0 Å². The van der Waals surface area contributed by atoms with Gasteiger partial charge in [-0.05, 0) is 54.0 Å². The second-order valence-electron chi connectivity index (χ2n) is 9.46. The van der Waals surface area contributed by atoms with Gasteiger partial charge in [-0.3, -0.25) is 4.79 Å². The number of hydrogen-bond donors (Lipinski definition) is 3. The van der Waals surface area contributed by atoms with Crippen LogP contribution in [0, 0.1) is 29.4 Å². The average Bonchev–Trinajstić information content (AvgIpc) is 3.50. The summed E-state index contributed by atoms with van der Waals surface area (Å²) in [7, 11) is 0. The van der Waals surface area contributed by atoms with E-state index in [1.807, 2.05) is 12.1 Å². The molecule has 1 aliphatic rings. The summed E-state index contributed by atoms with van der Waals surface area (Å²) >= 11 is 0. The smallest absolute Gasteiger partial charge is 0.323 e. The number of amides is 2. The normalized spacial score (nSPS) is 17.2. The van der Waals surface area contributed by atoms with Crippen molar-refractivity contribution in [2.45, 2.75) is 40.0 Å². The molecule has 0 heterocycles. The van der Waals surface area contributed by atoms with Crippen molar-refractivity contribution in [2.24, 2.45) is 17.8 Å². The van der Waals surface area contributed by atoms with Gasteiger partial charge < -0.3 is 20.6 Å². The molecule has 8 heteroatoms. The maximum absolute atomic E-state index is 14.0. The molecule has 1 fully saturated rings. The molecule has 0 aromatic heterocycles. The summed E-state index contributed by atoms with van der Waals surface area (Å²) in [5.74, 6) is -2.21. The van der Waals surface area contributed by atoms with Gasteiger partial charge in [-0.1, -0.05) is 33.8 Å².